The summed E-state index contributed by atoms with van der Waals surface area (Å²) >= 11 is 0. The van der Waals surface area contributed by atoms with E-state index in [9.17, 15) is 14.4 Å². The first kappa shape index (κ1) is 27.9. The van der Waals surface area contributed by atoms with Crippen LogP contribution in [0, 0.1) is 0 Å². The number of fused-ring (bicyclic) bond motifs is 1. The van der Waals surface area contributed by atoms with Gasteiger partial charge < -0.3 is 19.5 Å². The molecule has 0 radical (unpaired) electrons. The second-order valence-corrected chi connectivity index (χ2v) is 11.2. The molecule has 3 heterocycles. The number of nitrogens with zero attached hydrogens (tertiary/aromatic N) is 5. The lowest BCUT2D eigenvalue weighted by Crippen LogP contribution is -2.49. The van der Waals surface area contributed by atoms with Crippen LogP contribution in [0.25, 0.3) is 23.4 Å². The molecule has 1 unspecified atom stereocenters. The summed E-state index contributed by atoms with van der Waals surface area (Å²) in [5.74, 6) is 0.586. The maximum absolute atomic E-state index is 13.4. The molecule has 1 fully saturated rings. The van der Waals surface area contributed by atoms with Crippen LogP contribution in [0.4, 0.5) is 10.7 Å². The fourth-order valence-corrected chi connectivity index (χ4v) is 4.60. The van der Waals surface area contributed by atoms with Crippen molar-refractivity contribution in [1.82, 2.24) is 24.0 Å². The van der Waals surface area contributed by atoms with Gasteiger partial charge in [0.1, 0.15) is 5.60 Å². The zero-order chi connectivity index (χ0) is 28.3. The standard InChI is InChI=1S/C29H38N6O4/c1-20(2)14-17-34-23-24(35(28(38)32(6)25(23)36)18-15-21-11-8-7-9-12-21)31-26(34)33-16-10-13-22(19-33)30-27(37)39-29(3,4)5/h7-9,11-12,14-15,18,22H,10,13,16-17,19H2,1-6H3,(H,30,37)/b18-15+. The molecule has 1 aliphatic heterocycles. The molecular weight excluding hydrogens is 496 g/mol. The Hall–Kier alpha value is -4.08. The molecule has 4 rings (SSSR count). The Bertz CT molecular complexity index is 1520. The minimum atomic E-state index is -0.590. The van der Waals surface area contributed by atoms with Crippen molar-refractivity contribution in [3.63, 3.8) is 0 Å². The van der Waals surface area contributed by atoms with E-state index in [2.05, 4.69) is 10.2 Å². The molecule has 10 nitrogen and oxygen atoms in total. The average Bonchev–Trinajstić information content (AvgIpc) is 3.25. The summed E-state index contributed by atoms with van der Waals surface area (Å²) in [4.78, 5) is 46.0. The highest BCUT2D eigenvalue weighted by molar-refractivity contribution is 5.78. The van der Waals surface area contributed by atoms with Crippen molar-refractivity contribution in [2.24, 2.45) is 7.05 Å². The van der Waals surface area contributed by atoms with E-state index >= 15 is 0 Å². The second-order valence-electron chi connectivity index (χ2n) is 11.2. The number of alkyl carbamates (subject to hydrolysis) is 1. The molecule has 1 atom stereocenters. The lowest BCUT2D eigenvalue weighted by molar-refractivity contribution is 0.0499. The van der Waals surface area contributed by atoms with Crippen LogP contribution in [0.2, 0.25) is 0 Å². The van der Waals surface area contributed by atoms with Crippen molar-refractivity contribution in [3.8, 4) is 0 Å². The van der Waals surface area contributed by atoms with Gasteiger partial charge in [-0.2, -0.15) is 4.98 Å². The summed E-state index contributed by atoms with van der Waals surface area (Å²) in [5, 5.41) is 2.97. The molecule has 1 N–H and O–H groups in total. The Balaban J connectivity index is 1.79. The van der Waals surface area contributed by atoms with Crippen LogP contribution in [-0.2, 0) is 18.3 Å². The van der Waals surface area contributed by atoms with E-state index in [1.54, 1.807) is 6.20 Å². The molecule has 2 aromatic heterocycles. The Labute approximate surface area is 228 Å². The molecule has 39 heavy (non-hydrogen) atoms. The molecule has 0 aliphatic carbocycles. The van der Waals surface area contributed by atoms with E-state index in [0.717, 1.165) is 28.5 Å². The van der Waals surface area contributed by atoms with Crippen molar-refractivity contribution in [3.05, 3.63) is 68.4 Å². The number of carbonyl (C=O) groups excluding carboxylic acids is 1. The lowest BCUT2D eigenvalue weighted by Gasteiger charge is -2.34. The molecule has 10 heteroatoms. The Morgan fingerprint density at radius 1 is 1.18 bits per heavy atom. The number of benzene rings is 1. The van der Waals surface area contributed by atoms with Gasteiger partial charge in [-0.3, -0.25) is 13.9 Å². The number of aromatic nitrogens is 4. The first-order valence-corrected chi connectivity index (χ1v) is 13.3. The SMILES string of the molecule is CC(C)=CCn1c(N2CCCC(NC(=O)OC(C)(C)C)C2)nc2c1c(=O)n(C)c(=O)n2/C=C/c1ccccc1. The third-order valence-electron chi connectivity index (χ3n) is 6.48. The van der Waals surface area contributed by atoms with Crippen LogP contribution >= 0.6 is 0 Å². The van der Waals surface area contributed by atoms with Gasteiger partial charge in [-0.25, -0.2) is 9.59 Å². The molecule has 1 saturated heterocycles. The molecule has 3 aromatic rings. The summed E-state index contributed by atoms with van der Waals surface area (Å²) in [7, 11) is 1.48. The Morgan fingerprint density at radius 2 is 1.90 bits per heavy atom. The summed E-state index contributed by atoms with van der Waals surface area (Å²) < 4.78 is 9.86. The van der Waals surface area contributed by atoms with E-state index < -0.39 is 22.9 Å². The van der Waals surface area contributed by atoms with Gasteiger partial charge in [0.25, 0.3) is 5.56 Å². The topological polar surface area (TPSA) is 103 Å². The molecule has 1 aromatic carbocycles. The molecule has 0 saturated carbocycles. The number of piperidine rings is 1. The first-order valence-electron chi connectivity index (χ1n) is 13.3. The average molecular weight is 535 g/mol. The summed E-state index contributed by atoms with van der Waals surface area (Å²) in [6, 6.07) is 9.49. The van der Waals surface area contributed by atoms with Crippen LogP contribution < -0.4 is 21.5 Å². The highest BCUT2D eigenvalue weighted by Crippen LogP contribution is 2.24. The molecule has 0 spiro atoms. The number of nitrogens with one attached hydrogen (secondary N) is 1. The fourth-order valence-electron chi connectivity index (χ4n) is 4.60. The number of hydrogen-bond donors (Lipinski definition) is 1. The normalized spacial score (nSPS) is 16.1. The van der Waals surface area contributed by atoms with E-state index in [1.807, 2.05) is 81.7 Å². The third-order valence-corrected chi connectivity index (χ3v) is 6.48. The largest absolute Gasteiger partial charge is 0.444 e. The van der Waals surface area contributed by atoms with E-state index in [0.29, 0.717) is 36.7 Å². The second kappa shape index (κ2) is 11.3. The number of anilines is 1. The number of amides is 1. The van der Waals surface area contributed by atoms with Crippen molar-refractivity contribution < 1.29 is 9.53 Å². The van der Waals surface area contributed by atoms with Gasteiger partial charge in [0.2, 0.25) is 5.95 Å². The van der Waals surface area contributed by atoms with E-state index in [1.165, 1.54) is 11.6 Å². The third kappa shape index (κ3) is 6.50. The molecule has 1 amide bonds. The maximum atomic E-state index is 13.4. The highest BCUT2D eigenvalue weighted by Gasteiger charge is 2.29. The van der Waals surface area contributed by atoms with Crippen molar-refractivity contribution in [2.45, 2.75) is 65.6 Å². The summed E-state index contributed by atoms with van der Waals surface area (Å²) in [6.45, 7) is 11.1. The van der Waals surface area contributed by atoms with Crippen LogP contribution in [0.3, 0.4) is 0 Å². The lowest BCUT2D eigenvalue weighted by atomic mass is 10.1. The van der Waals surface area contributed by atoms with Crippen LogP contribution in [-0.4, -0.2) is 49.5 Å². The maximum Gasteiger partial charge on any atom is 0.407 e. The molecule has 0 bridgehead atoms. The number of carbonyl (C=O) groups is 1. The molecule has 1 aliphatic rings. The van der Waals surface area contributed by atoms with Gasteiger partial charge in [-0.05, 0) is 59.1 Å². The van der Waals surface area contributed by atoms with Gasteiger partial charge in [0.15, 0.2) is 11.2 Å². The molecule has 208 valence electrons. The minimum absolute atomic E-state index is 0.145. The predicted molar refractivity (Wildman–Crippen MR) is 155 cm³/mol. The van der Waals surface area contributed by atoms with Crippen LogP contribution in [0.1, 0.15) is 53.0 Å². The van der Waals surface area contributed by atoms with E-state index in [4.69, 9.17) is 9.72 Å². The monoisotopic (exact) mass is 534 g/mol. The smallest absolute Gasteiger partial charge is 0.407 e. The zero-order valence-electron chi connectivity index (χ0n) is 23.6. The summed E-state index contributed by atoms with van der Waals surface area (Å²) in [5.41, 5.74) is 1.21. The minimum Gasteiger partial charge on any atom is -0.444 e. The van der Waals surface area contributed by atoms with Gasteiger partial charge in [-0.1, -0.05) is 42.0 Å². The van der Waals surface area contributed by atoms with E-state index in [-0.39, 0.29) is 6.04 Å². The number of hydrogen-bond acceptors (Lipinski definition) is 6. The van der Waals surface area contributed by atoms with Crippen LogP contribution in [0.5, 0.6) is 0 Å². The van der Waals surface area contributed by atoms with Gasteiger partial charge in [0, 0.05) is 38.9 Å². The quantitative estimate of drug-likeness (QED) is 0.480. The number of imidazole rings is 1. The van der Waals surface area contributed by atoms with Gasteiger partial charge in [0.05, 0.1) is 0 Å². The zero-order valence-corrected chi connectivity index (χ0v) is 23.6. The van der Waals surface area contributed by atoms with Crippen molar-refractivity contribution in [2.75, 3.05) is 18.0 Å². The van der Waals surface area contributed by atoms with Crippen LogP contribution in [0.15, 0.2) is 51.6 Å². The highest BCUT2D eigenvalue weighted by atomic mass is 16.6. The van der Waals surface area contributed by atoms with Crippen molar-refractivity contribution >= 4 is 35.5 Å². The number of allylic oxidation sites excluding steroid dienone is 2. The molecular formula is C29H38N6O4. The number of ether oxygens (including phenoxy) is 1. The number of rotatable bonds is 6. The van der Waals surface area contributed by atoms with Gasteiger partial charge >= 0.3 is 11.8 Å². The fraction of sp³-hybridized carbons (Fsp3) is 0.448. The Morgan fingerprint density at radius 3 is 2.56 bits per heavy atom. The predicted octanol–water partition coefficient (Wildman–Crippen LogP) is 3.98. The summed E-state index contributed by atoms with van der Waals surface area (Å²) in [6.07, 6.45) is 6.67. The Kier molecular flexibility index (Phi) is 8.13. The van der Waals surface area contributed by atoms with Gasteiger partial charge in [-0.15, -0.1) is 0 Å². The first-order chi connectivity index (χ1) is 18.4. The van der Waals surface area contributed by atoms with Crippen molar-refractivity contribution in [1.29, 1.82) is 0 Å².